The summed E-state index contributed by atoms with van der Waals surface area (Å²) in [6, 6.07) is 6.99. The van der Waals surface area contributed by atoms with E-state index < -0.39 is 17.3 Å². The lowest BCUT2D eigenvalue weighted by Crippen LogP contribution is -2.42. The number of carbonyl (C=O) groups excluding carboxylic acids is 1. The summed E-state index contributed by atoms with van der Waals surface area (Å²) in [6.07, 6.45) is 0.622. The number of rotatable bonds is 2. The molecule has 1 amide bonds. The van der Waals surface area contributed by atoms with Crippen molar-refractivity contribution in [3.63, 3.8) is 0 Å². The average molecular weight is 344 g/mol. The summed E-state index contributed by atoms with van der Waals surface area (Å²) < 4.78 is 12.2. The third-order valence-corrected chi connectivity index (χ3v) is 4.52. The Balaban J connectivity index is 1.92. The largest absolute Gasteiger partial charge is 0.487 e. The molecule has 0 saturated heterocycles. The fraction of sp³-hybridized carbons (Fsp3) is 0.474. The number of nitrogens with zero attached hydrogens (tertiary/aromatic N) is 1. The van der Waals surface area contributed by atoms with Gasteiger partial charge in [-0.3, -0.25) is 0 Å². The Labute approximate surface area is 146 Å². The van der Waals surface area contributed by atoms with Gasteiger partial charge in [-0.1, -0.05) is 32.0 Å². The highest BCUT2D eigenvalue weighted by atomic mass is 16.5. The van der Waals surface area contributed by atoms with Gasteiger partial charge < -0.3 is 14.6 Å². The molecule has 1 unspecified atom stereocenters. The van der Waals surface area contributed by atoms with Crippen LogP contribution in [0.4, 0.5) is 4.79 Å². The molecular formula is C19H24N2O4. The van der Waals surface area contributed by atoms with Crippen LogP contribution in [0.25, 0.3) is 0 Å². The molecule has 3 rings (SSSR count). The van der Waals surface area contributed by atoms with Crippen LogP contribution in [-0.2, 0) is 0 Å². The predicted molar refractivity (Wildman–Crippen MR) is 94.2 cm³/mol. The number of aromatic nitrogens is 1. The molecule has 1 aromatic carbocycles. The van der Waals surface area contributed by atoms with E-state index in [1.807, 2.05) is 52.0 Å². The number of benzene rings is 1. The maximum atomic E-state index is 12.7. The molecule has 1 N–H and O–H groups in total. The first-order valence-electron chi connectivity index (χ1n) is 8.51. The summed E-state index contributed by atoms with van der Waals surface area (Å²) in [5.74, 6) is 0.755. The zero-order valence-electron chi connectivity index (χ0n) is 15.3. The summed E-state index contributed by atoms with van der Waals surface area (Å²) in [6.45, 7) is 9.50. The van der Waals surface area contributed by atoms with E-state index in [1.54, 1.807) is 6.92 Å². The second-order valence-corrected chi connectivity index (χ2v) is 7.43. The van der Waals surface area contributed by atoms with Gasteiger partial charge in [-0.05, 0) is 32.8 Å². The van der Waals surface area contributed by atoms with Gasteiger partial charge in [0.15, 0.2) is 0 Å². The lowest BCUT2D eigenvalue weighted by Gasteiger charge is -2.37. The summed E-state index contributed by atoms with van der Waals surface area (Å²) in [4.78, 5) is 24.7. The molecule has 0 aliphatic carbocycles. The highest BCUT2D eigenvalue weighted by Crippen LogP contribution is 2.39. The molecule has 134 valence electrons. The number of para-hydroxylation sites is 1. The van der Waals surface area contributed by atoms with Gasteiger partial charge in [0, 0.05) is 12.0 Å². The van der Waals surface area contributed by atoms with Gasteiger partial charge in [0.1, 0.15) is 11.4 Å². The minimum Gasteiger partial charge on any atom is -0.487 e. The van der Waals surface area contributed by atoms with E-state index in [9.17, 15) is 9.59 Å². The van der Waals surface area contributed by atoms with E-state index in [0.29, 0.717) is 17.7 Å². The third-order valence-electron chi connectivity index (χ3n) is 4.52. The molecule has 0 bridgehead atoms. The van der Waals surface area contributed by atoms with Crippen molar-refractivity contribution in [2.45, 2.75) is 58.6 Å². The van der Waals surface area contributed by atoms with Crippen LogP contribution >= 0.6 is 0 Å². The molecular weight excluding hydrogens is 320 g/mol. The van der Waals surface area contributed by atoms with Crippen molar-refractivity contribution in [3.8, 4) is 5.75 Å². The van der Waals surface area contributed by atoms with Gasteiger partial charge in [-0.25, -0.2) is 9.59 Å². The molecule has 1 atom stereocenters. The second-order valence-electron chi connectivity index (χ2n) is 7.43. The lowest BCUT2D eigenvalue weighted by atomic mass is 9.90. The SMILES string of the molecule is Cc1c(C(C)C)c(=O)on1C(=O)NC1CC(C)(C)Oc2ccccc21. The smallest absolute Gasteiger partial charge is 0.361 e. The Morgan fingerprint density at radius 1 is 1.32 bits per heavy atom. The van der Waals surface area contributed by atoms with Gasteiger partial charge in [0.2, 0.25) is 0 Å². The molecule has 25 heavy (non-hydrogen) atoms. The number of amides is 1. The first-order chi connectivity index (χ1) is 11.7. The van der Waals surface area contributed by atoms with Crippen LogP contribution in [0, 0.1) is 6.92 Å². The van der Waals surface area contributed by atoms with Crippen LogP contribution in [0.3, 0.4) is 0 Å². The van der Waals surface area contributed by atoms with E-state index in [-0.39, 0.29) is 12.0 Å². The van der Waals surface area contributed by atoms with E-state index in [1.165, 1.54) is 0 Å². The van der Waals surface area contributed by atoms with Gasteiger partial charge in [-0.2, -0.15) is 0 Å². The first kappa shape index (κ1) is 17.3. The van der Waals surface area contributed by atoms with E-state index in [2.05, 4.69) is 5.32 Å². The monoisotopic (exact) mass is 344 g/mol. The van der Waals surface area contributed by atoms with Crippen LogP contribution in [0.15, 0.2) is 33.6 Å². The van der Waals surface area contributed by atoms with Crippen molar-refractivity contribution in [1.29, 1.82) is 0 Å². The maximum Gasteiger partial charge on any atom is 0.361 e. The molecule has 0 saturated carbocycles. The Morgan fingerprint density at radius 2 is 2.00 bits per heavy atom. The van der Waals surface area contributed by atoms with Gasteiger partial charge in [-0.15, -0.1) is 4.74 Å². The number of carbonyl (C=O) groups is 1. The number of hydrogen-bond donors (Lipinski definition) is 1. The van der Waals surface area contributed by atoms with Crippen molar-refractivity contribution < 1.29 is 14.1 Å². The summed E-state index contributed by atoms with van der Waals surface area (Å²) in [5, 5.41) is 2.98. The number of fused-ring (bicyclic) bond motifs is 1. The quantitative estimate of drug-likeness (QED) is 0.901. The average Bonchev–Trinajstić information content (AvgIpc) is 2.81. The Morgan fingerprint density at radius 3 is 2.64 bits per heavy atom. The summed E-state index contributed by atoms with van der Waals surface area (Å²) in [7, 11) is 0. The Hall–Kier alpha value is -2.50. The minimum atomic E-state index is -0.463. The fourth-order valence-corrected chi connectivity index (χ4v) is 3.44. The van der Waals surface area contributed by atoms with Gasteiger partial charge in [0.05, 0.1) is 17.3 Å². The van der Waals surface area contributed by atoms with Crippen molar-refractivity contribution in [2.75, 3.05) is 0 Å². The molecule has 2 aromatic rings. The van der Waals surface area contributed by atoms with E-state index >= 15 is 0 Å². The highest BCUT2D eigenvalue weighted by Gasteiger charge is 2.35. The molecule has 1 aliphatic heterocycles. The Kier molecular flexibility index (Phi) is 4.22. The zero-order chi connectivity index (χ0) is 18.4. The third kappa shape index (κ3) is 3.21. The second kappa shape index (κ2) is 6.10. The number of ether oxygens (including phenoxy) is 1. The molecule has 0 fully saturated rings. The highest BCUT2D eigenvalue weighted by molar-refractivity contribution is 5.77. The van der Waals surface area contributed by atoms with Gasteiger partial charge in [0.25, 0.3) is 0 Å². The maximum absolute atomic E-state index is 12.7. The van der Waals surface area contributed by atoms with Crippen molar-refractivity contribution in [1.82, 2.24) is 10.1 Å². The summed E-state index contributed by atoms with van der Waals surface area (Å²) in [5.41, 5.74) is 1.13. The first-order valence-corrected chi connectivity index (χ1v) is 8.51. The summed E-state index contributed by atoms with van der Waals surface area (Å²) >= 11 is 0. The van der Waals surface area contributed by atoms with Crippen LogP contribution in [0.5, 0.6) is 5.75 Å². The molecule has 6 nitrogen and oxygen atoms in total. The molecule has 2 heterocycles. The van der Waals surface area contributed by atoms with Crippen LogP contribution in [-0.4, -0.2) is 16.4 Å². The van der Waals surface area contributed by atoms with Crippen LogP contribution < -0.4 is 15.7 Å². The van der Waals surface area contributed by atoms with E-state index in [0.717, 1.165) is 16.1 Å². The molecule has 6 heteroatoms. The number of hydrogen-bond acceptors (Lipinski definition) is 4. The molecule has 0 radical (unpaired) electrons. The molecule has 1 aliphatic rings. The number of nitrogens with one attached hydrogen (secondary N) is 1. The Bertz CT molecular complexity index is 861. The minimum absolute atomic E-state index is 0.00644. The van der Waals surface area contributed by atoms with Crippen LogP contribution in [0.1, 0.15) is 62.9 Å². The van der Waals surface area contributed by atoms with Gasteiger partial charge >= 0.3 is 11.7 Å². The van der Waals surface area contributed by atoms with Crippen molar-refractivity contribution in [2.24, 2.45) is 0 Å². The standard InChI is InChI=1S/C19H24N2O4/c1-11(2)16-12(3)21(25-17(16)22)18(23)20-14-10-19(4,5)24-15-9-7-6-8-13(14)15/h6-9,11,14H,10H2,1-5H3,(H,20,23). The fourth-order valence-electron chi connectivity index (χ4n) is 3.44. The van der Waals surface area contributed by atoms with Crippen LogP contribution in [0.2, 0.25) is 0 Å². The normalized spacial score (nSPS) is 18.6. The zero-order valence-corrected chi connectivity index (χ0v) is 15.3. The lowest BCUT2D eigenvalue weighted by molar-refractivity contribution is 0.0671. The molecule has 0 spiro atoms. The van der Waals surface area contributed by atoms with Crippen molar-refractivity contribution in [3.05, 3.63) is 51.5 Å². The van der Waals surface area contributed by atoms with Crippen molar-refractivity contribution >= 4 is 6.03 Å². The van der Waals surface area contributed by atoms with E-state index in [4.69, 9.17) is 9.26 Å². The topological polar surface area (TPSA) is 73.5 Å². The molecule has 1 aromatic heterocycles. The predicted octanol–water partition coefficient (Wildman–Crippen LogP) is 3.73.